The number of aliphatic hydroxyl groups is 1. The zero-order valence-electron chi connectivity index (χ0n) is 16.6. The van der Waals surface area contributed by atoms with E-state index in [0.717, 1.165) is 32.9 Å². The van der Waals surface area contributed by atoms with E-state index in [1.54, 1.807) is 0 Å². The van der Waals surface area contributed by atoms with E-state index in [1.165, 1.54) is 0 Å². The predicted molar refractivity (Wildman–Crippen MR) is 117 cm³/mol. The standard InChI is InChI=1S/C24H21N3O3/c1-26-12-10-15-6-4-8-17(22(15)26)20-21(24(30)25-23(20)29)18-14-27(11-5-13-28)19-9-3-2-7-16(18)19/h2-4,6-10,12,14,28H,5,11,13H2,1H3,(H,25,29,30). The summed E-state index contributed by atoms with van der Waals surface area (Å²) in [4.78, 5) is 25.9. The van der Waals surface area contributed by atoms with Gasteiger partial charge in [0.1, 0.15) is 0 Å². The molecule has 4 aromatic rings. The number of carbonyl (C=O) groups is 2. The highest BCUT2D eigenvalue weighted by atomic mass is 16.3. The Morgan fingerprint density at radius 3 is 2.50 bits per heavy atom. The van der Waals surface area contributed by atoms with Crippen LogP contribution in [-0.2, 0) is 23.2 Å². The van der Waals surface area contributed by atoms with Crippen LogP contribution in [0.3, 0.4) is 0 Å². The van der Waals surface area contributed by atoms with E-state index in [0.29, 0.717) is 24.1 Å². The molecule has 0 spiro atoms. The minimum Gasteiger partial charge on any atom is -0.396 e. The first-order valence-electron chi connectivity index (χ1n) is 9.93. The van der Waals surface area contributed by atoms with Crippen molar-refractivity contribution in [3.8, 4) is 0 Å². The lowest BCUT2D eigenvalue weighted by Gasteiger charge is -2.08. The van der Waals surface area contributed by atoms with Crippen LogP contribution in [0.1, 0.15) is 17.5 Å². The highest BCUT2D eigenvalue weighted by Gasteiger charge is 2.34. The number of imide groups is 1. The lowest BCUT2D eigenvalue weighted by molar-refractivity contribution is -0.122. The number of aromatic nitrogens is 2. The number of nitrogens with zero attached hydrogens (tertiary/aromatic N) is 2. The molecule has 3 heterocycles. The molecular formula is C24H21N3O3. The van der Waals surface area contributed by atoms with Crippen molar-refractivity contribution >= 4 is 44.8 Å². The van der Waals surface area contributed by atoms with E-state index in [-0.39, 0.29) is 18.4 Å². The average molecular weight is 399 g/mol. The summed E-state index contributed by atoms with van der Waals surface area (Å²) in [6.45, 7) is 0.715. The van der Waals surface area contributed by atoms with Gasteiger partial charge < -0.3 is 14.2 Å². The topological polar surface area (TPSA) is 76.3 Å². The Morgan fingerprint density at radius 1 is 0.933 bits per heavy atom. The second-order valence-electron chi connectivity index (χ2n) is 7.53. The quantitative estimate of drug-likeness (QED) is 0.507. The Balaban J connectivity index is 1.82. The average Bonchev–Trinajstić information content (AvgIpc) is 3.39. The van der Waals surface area contributed by atoms with Crippen LogP contribution in [0.15, 0.2) is 60.9 Å². The van der Waals surface area contributed by atoms with Crippen molar-refractivity contribution < 1.29 is 14.7 Å². The van der Waals surface area contributed by atoms with Crippen molar-refractivity contribution in [3.05, 3.63) is 72.1 Å². The van der Waals surface area contributed by atoms with E-state index < -0.39 is 0 Å². The Kier molecular flexibility index (Phi) is 4.29. The SMILES string of the molecule is Cn1ccc2cccc(C3=C(c4cn(CCCO)c5ccccc45)C(=O)NC3=O)c21. The van der Waals surface area contributed by atoms with Gasteiger partial charge in [-0.3, -0.25) is 14.9 Å². The van der Waals surface area contributed by atoms with Crippen LogP contribution < -0.4 is 5.32 Å². The van der Waals surface area contributed by atoms with Crippen molar-refractivity contribution in [2.75, 3.05) is 6.61 Å². The predicted octanol–water partition coefficient (Wildman–Crippen LogP) is 3.08. The van der Waals surface area contributed by atoms with Gasteiger partial charge in [-0.25, -0.2) is 0 Å². The number of carbonyl (C=O) groups excluding carboxylic acids is 2. The smallest absolute Gasteiger partial charge is 0.259 e. The third kappa shape index (κ3) is 2.69. The highest BCUT2D eigenvalue weighted by molar-refractivity contribution is 6.50. The molecular weight excluding hydrogens is 378 g/mol. The summed E-state index contributed by atoms with van der Waals surface area (Å²) in [7, 11) is 1.93. The van der Waals surface area contributed by atoms with Crippen molar-refractivity contribution in [1.29, 1.82) is 0 Å². The van der Waals surface area contributed by atoms with Crippen molar-refractivity contribution in [1.82, 2.24) is 14.5 Å². The van der Waals surface area contributed by atoms with Crippen LogP contribution in [0.5, 0.6) is 0 Å². The largest absolute Gasteiger partial charge is 0.396 e. The van der Waals surface area contributed by atoms with Gasteiger partial charge in [-0.15, -0.1) is 0 Å². The molecule has 2 N–H and O–H groups in total. The fraction of sp³-hybridized carbons (Fsp3) is 0.167. The van der Waals surface area contributed by atoms with Crippen LogP contribution in [-0.4, -0.2) is 32.7 Å². The van der Waals surface area contributed by atoms with E-state index in [2.05, 4.69) is 5.32 Å². The summed E-state index contributed by atoms with van der Waals surface area (Å²) in [5.74, 6) is -0.762. The lowest BCUT2D eigenvalue weighted by Crippen LogP contribution is -2.22. The first-order chi connectivity index (χ1) is 14.6. The van der Waals surface area contributed by atoms with E-state index in [1.807, 2.05) is 77.1 Å². The fourth-order valence-corrected chi connectivity index (χ4v) is 4.40. The van der Waals surface area contributed by atoms with Crippen LogP contribution in [0.2, 0.25) is 0 Å². The first-order valence-corrected chi connectivity index (χ1v) is 9.93. The fourth-order valence-electron chi connectivity index (χ4n) is 4.40. The number of hydrogen-bond donors (Lipinski definition) is 2. The molecule has 30 heavy (non-hydrogen) atoms. The number of nitrogens with one attached hydrogen (secondary N) is 1. The summed E-state index contributed by atoms with van der Waals surface area (Å²) in [6, 6.07) is 15.6. The molecule has 0 unspecified atom stereocenters. The number of hydrogen-bond acceptors (Lipinski definition) is 3. The maximum Gasteiger partial charge on any atom is 0.259 e. The molecule has 0 aliphatic carbocycles. The Labute approximate surface area is 173 Å². The second-order valence-corrected chi connectivity index (χ2v) is 7.53. The third-order valence-corrected chi connectivity index (χ3v) is 5.71. The molecule has 0 radical (unpaired) electrons. The van der Waals surface area contributed by atoms with Gasteiger partial charge in [0.2, 0.25) is 0 Å². The Bertz CT molecular complexity index is 1360. The Morgan fingerprint density at radius 2 is 1.70 bits per heavy atom. The number of aryl methyl sites for hydroxylation is 2. The molecule has 2 aromatic carbocycles. The molecule has 1 aliphatic heterocycles. The number of rotatable bonds is 5. The molecule has 0 saturated heterocycles. The molecule has 0 atom stereocenters. The van der Waals surface area contributed by atoms with Crippen LogP contribution >= 0.6 is 0 Å². The van der Waals surface area contributed by atoms with Gasteiger partial charge in [-0.2, -0.15) is 0 Å². The maximum atomic E-state index is 12.9. The molecule has 0 saturated carbocycles. The Hall–Kier alpha value is -3.64. The van der Waals surface area contributed by atoms with Crippen molar-refractivity contribution in [3.63, 3.8) is 0 Å². The molecule has 0 fully saturated rings. The summed E-state index contributed by atoms with van der Waals surface area (Å²) in [5.41, 5.74) is 4.15. The zero-order chi connectivity index (χ0) is 20.8. The summed E-state index contributed by atoms with van der Waals surface area (Å²) < 4.78 is 4.00. The monoisotopic (exact) mass is 399 g/mol. The summed E-state index contributed by atoms with van der Waals surface area (Å²) in [5, 5.41) is 13.7. The van der Waals surface area contributed by atoms with E-state index in [9.17, 15) is 14.7 Å². The first kappa shape index (κ1) is 18.4. The van der Waals surface area contributed by atoms with Gasteiger partial charge in [-0.05, 0) is 18.6 Å². The zero-order valence-corrected chi connectivity index (χ0v) is 16.6. The highest BCUT2D eigenvalue weighted by Crippen LogP contribution is 2.38. The van der Waals surface area contributed by atoms with Crippen molar-refractivity contribution in [2.45, 2.75) is 13.0 Å². The lowest BCUT2D eigenvalue weighted by atomic mass is 9.94. The van der Waals surface area contributed by atoms with Crippen LogP contribution in [0.25, 0.3) is 33.0 Å². The van der Waals surface area contributed by atoms with Crippen LogP contribution in [0.4, 0.5) is 0 Å². The minimum absolute atomic E-state index is 0.0875. The number of fused-ring (bicyclic) bond motifs is 2. The van der Waals surface area contributed by atoms with E-state index >= 15 is 0 Å². The second kappa shape index (κ2) is 7.00. The molecule has 6 nitrogen and oxygen atoms in total. The van der Waals surface area contributed by atoms with Crippen molar-refractivity contribution in [2.24, 2.45) is 7.05 Å². The van der Waals surface area contributed by atoms with Gasteiger partial charge >= 0.3 is 0 Å². The summed E-state index contributed by atoms with van der Waals surface area (Å²) in [6.07, 6.45) is 4.47. The van der Waals surface area contributed by atoms with E-state index in [4.69, 9.17) is 0 Å². The van der Waals surface area contributed by atoms with Gasteiger partial charge in [0, 0.05) is 60.0 Å². The van der Waals surface area contributed by atoms with Gasteiger partial charge in [-0.1, -0.05) is 36.4 Å². The molecule has 5 rings (SSSR count). The van der Waals surface area contributed by atoms with Gasteiger partial charge in [0.25, 0.3) is 11.8 Å². The number of para-hydroxylation sites is 2. The normalized spacial score (nSPS) is 14.3. The minimum atomic E-state index is -0.383. The van der Waals surface area contributed by atoms with Gasteiger partial charge in [0.05, 0.1) is 16.7 Å². The molecule has 150 valence electrons. The summed E-state index contributed by atoms with van der Waals surface area (Å²) >= 11 is 0. The molecule has 2 amide bonds. The molecule has 1 aliphatic rings. The van der Waals surface area contributed by atoms with Gasteiger partial charge in [0.15, 0.2) is 0 Å². The van der Waals surface area contributed by atoms with Crippen LogP contribution in [0, 0.1) is 0 Å². The maximum absolute atomic E-state index is 12.9. The number of benzene rings is 2. The third-order valence-electron chi connectivity index (χ3n) is 5.71. The number of aliphatic hydroxyl groups excluding tert-OH is 1. The number of amides is 2. The molecule has 2 aromatic heterocycles. The molecule has 0 bridgehead atoms. The molecule has 6 heteroatoms.